The summed E-state index contributed by atoms with van der Waals surface area (Å²) in [5, 5.41) is 4.45. The smallest absolute Gasteiger partial charge is 0.471 e. The minimum atomic E-state index is -4.98. The first-order chi connectivity index (χ1) is 15.1. The first-order valence-electron chi connectivity index (χ1n) is 9.15. The van der Waals surface area contributed by atoms with E-state index in [0.717, 1.165) is 0 Å². The van der Waals surface area contributed by atoms with Crippen LogP contribution >= 0.6 is 15.9 Å². The van der Waals surface area contributed by atoms with Crippen molar-refractivity contribution in [2.75, 3.05) is 34.4 Å². The van der Waals surface area contributed by atoms with Gasteiger partial charge in [0.05, 0.1) is 32.6 Å². The number of carbonyl (C=O) groups excluding carboxylic acids is 2. The molecule has 2 rings (SSSR count). The van der Waals surface area contributed by atoms with E-state index in [1.54, 1.807) is 23.5 Å². The highest BCUT2D eigenvalue weighted by Gasteiger charge is 2.38. The van der Waals surface area contributed by atoms with E-state index < -0.39 is 24.5 Å². The molecule has 1 aromatic carbocycles. The zero-order chi connectivity index (χ0) is 23.9. The van der Waals surface area contributed by atoms with Gasteiger partial charge in [0.2, 0.25) is 0 Å². The normalized spacial score (nSPS) is 11.0. The number of hydrogen-bond donors (Lipinski definition) is 2. The van der Waals surface area contributed by atoms with Crippen LogP contribution in [0.4, 0.5) is 13.2 Å². The number of nitrogens with one attached hydrogen (secondary N) is 2. The number of halogens is 4. The fourth-order valence-electron chi connectivity index (χ4n) is 2.75. The molecule has 0 fully saturated rings. The van der Waals surface area contributed by atoms with Gasteiger partial charge in [-0.1, -0.05) is 15.9 Å². The first kappa shape index (κ1) is 25.2. The number of benzene rings is 1. The lowest BCUT2D eigenvalue weighted by atomic mass is 10.0. The maximum atomic E-state index is 12.5. The van der Waals surface area contributed by atoms with Crippen LogP contribution in [0, 0.1) is 0 Å². The van der Waals surface area contributed by atoms with Gasteiger partial charge in [-0.3, -0.25) is 9.59 Å². The van der Waals surface area contributed by atoms with Gasteiger partial charge in [-0.05, 0) is 17.7 Å². The number of ether oxygens (including phenoxy) is 3. The van der Waals surface area contributed by atoms with Crippen LogP contribution in [0.1, 0.15) is 16.2 Å². The van der Waals surface area contributed by atoms with Crippen molar-refractivity contribution in [3.8, 4) is 28.4 Å². The van der Waals surface area contributed by atoms with E-state index in [4.69, 9.17) is 14.2 Å². The van der Waals surface area contributed by atoms with Crippen LogP contribution in [0.5, 0.6) is 17.2 Å². The van der Waals surface area contributed by atoms with Crippen molar-refractivity contribution in [1.82, 2.24) is 15.6 Å². The molecule has 0 aliphatic carbocycles. The molecule has 0 saturated carbocycles. The lowest BCUT2D eigenvalue weighted by Crippen LogP contribution is -2.41. The molecule has 8 nitrogen and oxygen atoms in total. The van der Waals surface area contributed by atoms with Crippen LogP contribution in [0.3, 0.4) is 0 Å². The summed E-state index contributed by atoms with van der Waals surface area (Å²) in [5.74, 6) is -1.31. The molecule has 0 unspecified atom stereocenters. The van der Waals surface area contributed by atoms with Crippen LogP contribution in [0.15, 0.2) is 24.3 Å². The van der Waals surface area contributed by atoms with E-state index in [0.29, 0.717) is 39.4 Å². The summed E-state index contributed by atoms with van der Waals surface area (Å²) in [6.45, 7) is -0.611. The Bertz CT molecular complexity index is 960. The van der Waals surface area contributed by atoms with E-state index in [1.165, 1.54) is 27.4 Å². The molecule has 0 saturated heterocycles. The number of hydrogen-bond acceptors (Lipinski definition) is 6. The SMILES string of the molecule is COc1cc(OC)c(-c2cc(CBr)nc(C(=O)NCCNC(=O)C(F)(F)F)c2)c(OC)c1. The Morgan fingerprint density at radius 1 is 0.969 bits per heavy atom. The van der Waals surface area contributed by atoms with Crippen LogP contribution in [-0.4, -0.2) is 57.4 Å². The average Bonchev–Trinajstić information content (AvgIpc) is 2.79. The van der Waals surface area contributed by atoms with Crippen LogP contribution in [0.25, 0.3) is 11.1 Å². The second-order valence-corrected chi connectivity index (χ2v) is 6.84. The van der Waals surface area contributed by atoms with Gasteiger partial charge in [0.25, 0.3) is 5.91 Å². The summed E-state index contributed by atoms with van der Waals surface area (Å²) in [4.78, 5) is 27.6. The molecule has 0 aliphatic rings. The Hall–Kier alpha value is -3.02. The molecule has 1 heterocycles. The fraction of sp³-hybridized carbons (Fsp3) is 0.350. The number of aromatic nitrogens is 1. The number of amides is 2. The molecule has 32 heavy (non-hydrogen) atoms. The van der Waals surface area contributed by atoms with E-state index >= 15 is 0 Å². The van der Waals surface area contributed by atoms with Crippen LogP contribution < -0.4 is 24.8 Å². The monoisotopic (exact) mass is 519 g/mol. The third-order valence-corrected chi connectivity index (χ3v) is 4.78. The van der Waals surface area contributed by atoms with Gasteiger partial charge in [-0.25, -0.2) is 4.98 Å². The third-order valence-electron chi connectivity index (χ3n) is 4.21. The van der Waals surface area contributed by atoms with Crippen molar-refractivity contribution in [1.29, 1.82) is 0 Å². The quantitative estimate of drug-likeness (QED) is 0.390. The number of carbonyl (C=O) groups is 2. The van der Waals surface area contributed by atoms with Gasteiger partial charge < -0.3 is 24.8 Å². The zero-order valence-electron chi connectivity index (χ0n) is 17.4. The Morgan fingerprint density at radius 2 is 1.56 bits per heavy atom. The topological polar surface area (TPSA) is 98.8 Å². The highest BCUT2D eigenvalue weighted by Crippen LogP contribution is 2.42. The largest absolute Gasteiger partial charge is 0.496 e. The highest BCUT2D eigenvalue weighted by atomic mass is 79.9. The van der Waals surface area contributed by atoms with Gasteiger partial charge in [-0.15, -0.1) is 0 Å². The molecule has 0 atom stereocenters. The van der Waals surface area contributed by atoms with Crippen LogP contribution in [-0.2, 0) is 10.1 Å². The number of alkyl halides is 4. The van der Waals surface area contributed by atoms with Gasteiger partial charge in [0.15, 0.2) is 0 Å². The lowest BCUT2D eigenvalue weighted by molar-refractivity contribution is -0.173. The maximum absolute atomic E-state index is 12.5. The molecule has 0 aliphatic heterocycles. The molecular formula is C20H21BrF3N3O5. The number of nitrogens with zero attached hydrogens (tertiary/aromatic N) is 1. The van der Waals surface area contributed by atoms with Crippen molar-refractivity contribution in [2.24, 2.45) is 0 Å². The van der Waals surface area contributed by atoms with Crippen molar-refractivity contribution < 1.29 is 37.0 Å². The maximum Gasteiger partial charge on any atom is 0.471 e. The molecule has 174 valence electrons. The van der Waals surface area contributed by atoms with Gasteiger partial charge in [0, 0.05) is 30.6 Å². The van der Waals surface area contributed by atoms with Crippen molar-refractivity contribution in [3.63, 3.8) is 0 Å². The third kappa shape index (κ3) is 6.25. The molecule has 2 amide bonds. The van der Waals surface area contributed by atoms with E-state index in [2.05, 4.69) is 26.2 Å². The Labute approximate surface area is 190 Å². The second kappa shape index (κ2) is 11.0. The van der Waals surface area contributed by atoms with E-state index in [1.807, 2.05) is 0 Å². The summed E-state index contributed by atoms with van der Waals surface area (Å²) in [6, 6.07) is 6.56. The minimum absolute atomic E-state index is 0.0269. The Balaban J connectivity index is 2.30. The summed E-state index contributed by atoms with van der Waals surface area (Å²) in [5.41, 5.74) is 1.69. The number of pyridine rings is 1. The van der Waals surface area contributed by atoms with E-state index in [9.17, 15) is 22.8 Å². The molecule has 12 heteroatoms. The average molecular weight is 520 g/mol. The first-order valence-corrected chi connectivity index (χ1v) is 10.3. The van der Waals surface area contributed by atoms with Crippen molar-refractivity contribution in [3.05, 3.63) is 35.7 Å². The second-order valence-electron chi connectivity index (χ2n) is 6.28. The predicted molar refractivity (Wildman–Crippen MR) is 113 cm³/mol. The summed E-state index contributed by atoms with van der Waals surface area (Å²) >= 11 is 3.31. The van der Waals surface area contributed by atoms with Gasteiger partial charge in [-0.2, -0.15) is 13.2 Å². The predicted octanol–water partition coefficient (Wildman–Crippen LogP) is 3.08. The summed E-state index contributed by atoms with van der Waals surface area (Å²) in [7, 11) is 4.46. The van der Waals surface area contributed by atoms with Gasteiger partial charge >= 0.3 is 12.1 Å². The Kier molecular flexibility index (Phi) is 8.70. The molecule has 0 spiro atoms. The molecule has 0 radical (unpaired) electrons. The molecular weight excluding hydrogens is 499 g/mol. The summed E-state index contributed by atoms with van der Waals surface area (Å²) in [6.07, 6.45) is -4.98. The molecule has 0 bridgehead atoms. The number of methoxy groups -OCH3 is 3. The van der Waals surface area contributed by atoms with Crippen molar-refractivity contribution >= 4 is 27.7 Å². The molecule has 1 aromatic heterocycles. The van der Waals surface area contributed by atoms with E-state index in [-0.39, 0.29) is 12.2 Å². The number of rotatable bonds is 9. The van der Waals surface area contributed by atoms with Crippen molar-refractivity contribution in [2.45, 2.75) is 11.5 Å². The molecule has 2 N–H and O–H groups in total. The fourth-order valence-corrected chi connectivity index (χ4v) is 3.04. The molecule has 2 aromatic rings. The highest BCUT2D eigenvalue weighted by molar-refractivity contribution is 9.08. The standard InChI is InChI=1S/C20H21BrF3N3O5/c1-30-13-8-15(31-2)17(16(9-13)32-3)11-6-12(10-21)27-14(7-11)18(28)25-4-5-26-19(29)20(22,23)24/h6-9H,4-5,10H2,1-3H3,(H,25,28)(H,26,29). The zero-order valence-corrected chi connectivity index (χ0v) is 19.0. The lowest BCUT2D eigenvalue weighted by Gasteiger charge is -2.16. The summed E-state index contributed by atoms with van der Waals surface area (Å²) < 4.78 is 52.8. The Morgan fingerprint density at radius 3 is 2.06 bits per heavy atom. The minimum Gasteiger partial charge on any atom is -0.496 e. The van der Waals surface area contributed by atoms with Crippen LogP contribution in [0.2, 0.25) is 0 Å². The van der Waals surface area contributed by atoms with Gasteiger partial charge in [0.1, 0.15) is 22.9 Å².